The number of nitrogens with zero attached hydrogens (tertiary/aromatic N) is 1. The first-order valence-electron chi connectivity index (χ1n) is 6.02. The number of nitrogens with one attached hydrogen (secondary N) is 1. The molecule has 0 aliphatic carbocycles. The van der Waals surface area contributed by atoms with Crippen LogP contribution in [0.15, 0.2) is 47.5 Å². The predicted octanol–water partition coefficient (Wildman–Crippen LogP) is 3.07. The average molecular weight is 255 g/mol. The van der Waals surface area contributed by atoms with Crippen molar-refractivity contribution in [2.75, 3.05) is 5.32 Å². The van der Waals surface area contributed by atoms with Crippen LogP contribution in [0.4, 0.5) is 11.4 Å². The second-order valence-electron chi connectivity index (χ2n) is 4.41. The van der Waals surface area contributed by atoms with Crippen LogP contribution in [-0.2, 0) is 0 Å². The van der Waals surface area contributed by atoms with Gasteiger partial charge in [-0.2, -0.15) is 0 Å². The number of phenolic OH excluding ortho intramolecular Hbond substituents is 1. The van der Waals surface area contributed by atoms with Crippen molar-refractivity contribution in [3.8, 4) is 5.75 Å². The lowest BCUT2D eigenvalue weighted by Gasteiger charge is -2.09. The number of guanidine groups is 1. The first-order valence-corrected chi connectivity index (χ1v) is 6.02. The number of rotatable bonds is 2. The number of benzene rings is 2. The minimum absolute atomic E-state index is 0.191. The molecule has 0 heterocycles. The minimum Gasteiger partial charge on any atom is -0.508 e. The van der Waals surface area contributed by atoms with Gasteiger partial charge in [0.2, 0.25) is 0 Å². The van der Waals surface area contributed by atoms with Gasteiger partial charge in [-0.25, -0.2) is 4.99 Å². The Hall–Kier alpha value is -2.49. The number of nitrogens with two attached hydrogens (primary N) is 1. The molecule has 0 bridgehead atoms. The summed E-state index contributed by atoms with van der Waals surface area (Å²) in [5, 5.41) is 12.5. The molecule has 0 radical (unpaired) electrons. The fourth-order valence-electron chi connectivity index (χ4n) is 1.73. The van der Waals surface area contributed by atoms with Crippen LogP contribution in [0, 0.1) is 13.8 Å². The van der Waals surface area contributed by atoms with Gasteiger partial charge in [0.1, 0.15) is 5.75 Å². The second kappa shape index (κ2) is 5.44. The topological polar surface area (TPSA) is 70.6 Å². The molecular weight excluding hydrogens is 238 g/mol. The van der Waals surface area contributed by atoms with E-state index >= 15 is 0 Å². The van der Waals surface area contributed by atoms with Crippen LogP contribution < -0.4 is 11.1 Å². The van der Waals surface area contributed by atoms with E-state index in [1.807, 2.05) is 44.2 Å². The molecule has 4 heteroatoms. The maximum Gasteiger partial charge on any atom is 0.198 e. The SMILES string of the molecule is Cc1ccccc1N=C(N)Nc1cc(O)ccc1C. The first-order chi connectivity index (χ1) is 9.06. The predicted molar refractivity (Wildman–Crippen MR) is 78.9 cm³/mol. The Morgan fingerprint density at radius 2 is 1.84 bits per heavy atom. The van der Waals surface area contributed by atoms with Crippen LogP contribution in [0.1, 0.15) is 11.1 Å². The molecule has 0 aromatic heterocycles. The molecule has 0 saturated carbocycles. The monoisotopic (exact) mass is 255 g/mol. The lowest BCUT2D eigenvalue weighted by molar-refractivity contribution is 0.475. The fourth-order valence-corrected chi connectivity index (χ4v) is 1.73. The van der Waals surface area contributed by atoms with Crippen molar-refractivity contribution in [1.82, 2.24) is 0 Å². The average Bonchev–Trinajstić information content (AvgIpc) is 2.37. The molecule has 4 nitrogen and oxygen atoms in total. The van der Waals surface area contributed by atoms with Crippen molar-refractivity contribution < 1.29 is 5.11 Å². The maximum absolute atomic E-state index is 9.46. The van der Waals surface area contributed by atoms with Gasteiger partial charge in [-0.15, -0.1) is 0 Å². The summed E-state index contributed by atoms with van der Waals surface area (Å²) in [7, 11) is 0. The van der Waals surface area contributed by atoms with Crippen molar-refractivity contribution in [3.05, 3.63) is 53.6 Å². The van der Waals surface area contributed by atoms with E-state index in [4.69, 9.17) is 5.73 Å². The highest BCUT2D eigenvalue weighted by Gasteiger charge is 2.02. The van der Waals surface area contributed by atoms with Gasteiger partial charge in [0, 0.05) is 11.8 Å². The Morgan fingerprint density at radius 1 is 1.11 bits per heavy atom. The van der Waals surface area contributed by atoms with Crippen molar-refractivity contribution in [1.29, 1.82) is 0 Å². The number of anilines is 1. The molecule has 0 aliphatic heterocycles. The number of phenols is 1. The van der Waals surface area contributed by atoms with Crippen LogP contribution in [0.2, 0.25) is 0 Å². The quantitative estimate of drug-likeness (QED) is 0.570. The van der Waals surface area contributed by atoms with E-state index in [0.717, 1.165) is 22.5 Å². The van der Waals surface area contributed by atoms with Gasteiger partial charge < -0.3 is 16.2 Å². The lowest BCUT2D eigenvalue weighted by Crippen LogP contribution is -2.22. The number of aryl methyl sites for hydroxylation is 2. The van der Waals surface area contributed by atoms with Crippen molar-refractivity contribution in [2.24, 2.45) is 10.7 Å². The number of aliphatic imine (C=N–C) groups is 1. The zero-order valence-corrected chi connectivity index (χ0v) is 11.0. The number of hydrogen-bond acceptors (Lipinski definition) is 2. The van der Waals surface area contributed by atoms with E-state index < -0.39 is 0 Å². The van der Waals surface area contributed by atoms with Gasteiger partial charge in [0.15, 0.2) is 5.96 Å². The number of hydrogen-bond donors (Lipinski definition) is 3. The molecule has 2 rings (SSSR count). The highest BCUT2D eigenvalue weighted by molar-refractivity contribution is 5.95. The third-order valence-corrected chi connectivity index (χ3v) is 2.84. The molecule has 19 heavy (non-hydrogen) atoms. The zero-order chi connectivity index (χ0) is 13.8. The Bertz CT molecular complexity index is 621. The number of para-hydroxylation sites is 1. The zero-order valence-electron chi connectivity index (χ0n) is 11.0. The van der Waals surface area contributed by atoms with E-state index in [0.29, 0.717) is 5.96 Å². The Labute approximate surface area is 112 Å². The lowest BCUT2D eigenvalue weighted by atomic mass is 10.2. The summed E-state index contributed by atoms with van der Waals surface area (Å²) in [5.74, 6) is 0.486. The summed E-state index contributed by atoms with van der Waals surface area (Å²) in [6.45, 7) is 3.91. The molecule has 0 spiro atoms. The van der Waals surface area contributed by atoms with E-state index in [2.05, 4.69) is 10.3 Å². The molecular formula is C15H17N3O. The van der Waals surface area contributed by atoms with Gasteiger partial charge in [0.05, 0.1) is 5.69 Å². The van der Waals surface area contributed by atoms with Gasteiger partial charge in [-0.1, -0.05) is 24.3 Å². The van der Waals surface area contributed by atoms with Crippen molar-refractivity contribution in [2.45, 2.75) is 13.8 Å². The molecule has 0 atom stereocenters. The van der Waals surface area contributed by atoms with Crippen LogP contribution in [0.25, 0.3) is 0 Å². The third kappa shape index (κ3) is 3.25. The van der Waals surface area contributed by atoms with Crippen molar-refractivity contribution >= 4 is 17.3 Å². The fraction of sp³-hybridized carbons (Fsp3) is 0.133. The summed E-state index contributed by atoms with van der Waals surface area (Å²) in [5.41, 5.74) is 9.49. The molecule has 0 unspecified atom stereocenters. The minimum atomic E-state index is 0.191. The molecule has 4 N–H and O–H groups in total. The summed E-state index contributed by atoms with van der Waals surface area (Å²) in [6, 6.07) is 12.8. The van der Waals surface area contributed by atoms with E-state index in [1.54, 1.807) is 12.1 Å². The molecule has 98 valence electrons. The van der Waals surface area contributed by atoms with Gasteiger partial charge >= 0.3 is 0 Å². The Kier molecular flexibility index (Phi) is 3.71. The van der Waals surface area contributed by atoms with Crippen LogP contribution in [-0.4, -0.2) is 11.1 Å². The summed E-state index contributed by atoms with van der Waals surface area (Å²) >= 11 is 0. The Balaban J connectivity index is 2.24. The number of aromatic hydroxyl groups is 1. The normalized spacial score (nSPS) is 11.4. The second-order valence-corrected chi connectivity index (χ2v) is 4.41. The molecule has 0 aliphatic rings. The molecule has 2 aromatic carbocycles. The van der Waals surface area contributed by atoms with Gasteiger partial charge in [0.25, 0.3) is 0 Å². The molecule has 2 aromatic rings. The summed E-state index contributed by atoms with van der Waals surface area (Å²) in [6.07, 6.45) is 0. The Morgan fingerprint density at radius 3 is 2.58 bits per heavy atom. The van der Waals surface area contributed by atoms with E-state index in [9.17, 15) is 5.11 Å². The van der Waals surface area contributed by atoms with E-state index in [-0.39, 0.29) is 5.75 Å². The smallest absolute Gasteiger partial charge is 0.198 e. The van der Waals surface area contributed by atoms with Gasteiger partial charge in [-0.05, 0) is 37.1 Å². The largest absolute Gasteiger partial charge is 0.508 e. The standard InChI is InChI=1S/C15H17N3O/c1-10-5-3-4-6-13(10)17-15(16)18-14-9-12(19)8-7-11(14)2/h3-9,19H,1-2H3,(H3,16,17,18). The highest BCUT2D eigenvalue weighted by atomic mass is 16.3. The van der Waals surface area contributed by atoms with E-state index in [1.165, 1.54) is 0 Å². The highest BCUT2D eigenvalue weighted by Crippen LogP contribution is 2.21. The summed E-state index contributed by atoms with van der Waals surface area (Å²) < 4.78 is 0. The first kappa shape index (κ1) is 13.0. The van der Waals surface area contributed by atoms with Crippen LogP contribution >= 0.6 is 0 Å². The maximum atomic E-state index is 9.46. The molecule has 0 amide bonds. The third-order valence-electron chi connectivity index (χ3n) is 2.84. The molecule has 0 fully saturated rings. The van der Waals surface area contributed by atoms with Crippen LogP contribution in [0.3, 0.4) is 0 Å². The molecule has 0 saturated heterocycles. The summed E-state index contributed by atoms with van der Waals surface area (Å²) in [4.78, 5) is 4.33. The van der Waals surface area contributed by atoms with Crippen LogP contribution in [0.5, 0.6) is 5.75 Å². The van der Waals surface area contributed by atoms with Gasteiger partial charge in [-0.3, -0.25) is 0 Å². The van der Waals surface area contributed by atoms with Crippen molar-refractivity contribution in [3.63, 3.8) is 0 Å².